The number of carbonyl (C=O) groups excluding carboxylic acids is 2. The third kappa shape index (κ3) is 5.64. The van der Waals surface area contributed by atoms with Crippen molar-refractivity contribution >= 4 is 46.3 Å². The number of hydrogen-bond donors (Lipinski definition) is 4. The monoisotopic (exact) mass is 472 g/mol. The van der Waals surface area contributed by atoms with Crippen LogP contribution >= 0.6 is 22.9 Å². The zero-order chi connectivity index (χ0) is 22.5. The molecular formula is C23H22ClFN4O2S. The van der Waals surface area contributed by atoms with E-state index in [2.05, 4.69) is 21.3 Å². The highest BCUT2D eigenvalue weighted by atomic mass is 35.5. The van der Waals surface area contributed by atoms with Gasteiger partial charge in [-0.1, -0.05) is 29.8 Å². The van der Waals surface area contributed by atoms with E-state index in [9.17, 15) is 14.0 Å². The molecule has 0 aliphatic carbocycles. The first-order chi connectivity index (χ1) is 15.5. The summed E-state index contributed by atoms with van der Waals surface area (Å²) in [6.45, 7) is 1.66. The largest absolute Gasteiger partial charge is 0.347 e. The van der Waals surface area contributed by atoms with E-state index in [0.717, 1.165) is 29.8 Å². The summed E-state index contributed by atoms with van der Waals surface area (Å²) < 4.78 is 13.4. The van der Waals surface area contributed by atoms with Crippen LogP contribution in [0.5, 0.6) is 0 Å². The highest BCUT2D eigenvalue weighted by Gasteiger charge is 2.22. The lowest BCUT2D eigenvalue weighted by Crippen LogP contribution is -2.45. The van der Waals surface area contributed by atoms with Crippen molar-refractivity contribution < 1.29 is 14.0 Å². The maximum absolute atomic E-state index is 13.4. The number of amides is 3. The van der Waals surface area contributed by atoms with Gasteiger partial charge in [0, 0.05) is 28.2 Å². The van der Waals surface area contributed by atoms with Gasteiger partial charge in [-0.05, 0) is 61.3 Å². The van der Waals surface area contributed by atoms with E-state index in [1.165, 1.54) is 29.5 Å². The summed E-state index contributed by atoms with van der Waals surface area (Å²) in [7, 11) is 0. The van der Waals surface area contributed by atoms with Gasteiger partial charge in [-0.2, -0.15) is 0 Å². The molecule has 0 spiro atoms. The molecule has 6 nitrogen and oxygen atoms in total. The molecule has 2 aromatic carbocycles. The van der Waals surface area contributed by atoms with Gasteiger partial charge in [0.15, 0.2) is 0 Å². The third-order valence-corrected chi connectivity index (χ3v) is 6.46. The second-order valence-corrected chi connectivity index (χ2v) is 8.96. The van der Waals surface area contributed by atoms with Crippen LogP contribution in [0.25, 0.3) is 10.4 Å². The molecule has 0 saturated carbocycles. The normalized spacial score (nSPS) is 15.8. The Morgan fingerprint density at radius 2 is 1.91 bits per heavy atom. The number of anilines is 2. The Hall–Kier alpha value is -2.94. The van der Waals surface area contributed by atoms with Crippen molar-refractivity contribution in [1.29, 1.82) is 0 Å². The number of carbonyl (C=O) groups is 2. The van der Waals surface area contributed by atoms with E-state index >= 15 is 0 Å². The molecule has 1 aliphatic heterocycles. The molecule has 3 amide bonds. The van der Waals surface area contributed by atoms with Crippen molar-refractivity contribution in [3.63, 3.8) is 0 Å². The highest BCUT2D eigenvalue weighted by Crippen LogP contribution is 2.35. The van der Waals surface area contributed by atoms with Gasteiger partial charge in [0.2, 0.25) is 0 Å². The minimum absolute atomic E-state index is 0.0336. The van der Waals surface area contributed by atoms with Gasteiger partial charge >= 0.3 is 6.03 Å². The Morgan fingerprint density at radius 3 is 2.62 bits per heavy atom. The van der Waals surface area contributed by atoms with E-state index in [1.807, 2.05) is 12.1 Å². The Labute approximate surface area is 194 Å². The predicted molar refractivity (Wildman–Crippen MR) is 127 cm³/mol. The smallest absolute Gasteiger partial charge is 0.323 e. The minimum Gasteiger partial charge on any atom is -0.347 e. The van der Waals surface area contributed by atoms with E-state index in [0.29, 0.717) is 27.8 Å². The third-order valence-electron chi connectivity index (χ3n) is 5.03. The van der Waals surface area contributed by atoms with Gasteiger partial charge in [-0.3, -0.25) is 4.79 Å². The van der Waals surface area contributed by atoms with Crippen LogP contribution in [0.3, 0.4) is 0 Å². The summed E-state index contributed by atoms with van der Waals surface area (Å²) in [5.74, 6) is -0.700. The minimum atomic E-state index is -0.565. The van der Waals surface area contributed by atoms with Crippen LogP contribution in [0.15, 0.2) is 54.6 Å². The van der Waals surface area contributed by atoms with Gasteiger partial charge < -0.3 is 21.3 Å². The Morgan fingerprint density at radius 1 is 1.09 bits per heavy atom. The SMILES string of the molecule is O=C(Nc1cccc(F)c1)Nc1cc(-c2ccc(Cl)cc2)sc1C(=O)N[C@H]1CCCNC1. The quantitative estimate of drug-likeness (QED) is 0.405. The maximum Gasteiger partial charge on any atom is 0.323 e. The van der Waals surface area contributed by atoms with Crippen LogP contribution in [-0.2, 0) is 0 Å². The molecule has 1 aliphatic rings. The van der Waals surface area contributed by atoms with Crippen LogP contribution in [0.1, 0.15) is 22.5 Å². The number of halogens is 2. The summed E-state index contributed by atoms with van der Waals surface area (Å²) in [5.41, 5.74) is 1.58. The average molecular weight is 473 g/mol. The number of benzene rings is 2. The van der Waals surface area contributed by atoms with Crippen molar-refractivity contribution in [2.45, 2.75) is 18.9 Å². The van der Waals surface area contributed by atoms with Crippen molar-refractivity contribution in [3.8, 4) is 10.4 Å². The lowest BCUT2D eigenvalue weighted by atomic mass is 10.1. The van der Waals surface area contributed by atoms with Crippen LogP contribution < -0.4 is 21.3 Å². The number of rotatable bonds is 5. The summed E-state index contributed by atoms with van der Waals surface area (Å²) >= 11 is 7.28. The van der Waals surface area contributed by atoms with E-state index in [4.69, 9.17) is 11.6 Å². The van der Waals surface area contributed by atoms with E-state index < -0.39 is 11.8 Å². The standard InChI is InChI=1S/C23H22ClFN4O2S/c24-15-8-6-14(7-9-15)20-12-19(29-23(31)28-17-4-1-3-16(25)11-17)21(32-20)22(30)27-18-5-2-10-26-13-18/h1,3-4,6-9,11-12,18,26H,2,5,10,13H2,(H,27,30)(H2,28,29,31)/t18-/m0/s1. The number of piperidine rings is 1. The van der Waals surface area contributed by atoms with Gasteiger partial charge in [0.05, 0.1) is 5.69 Å². The molecule has 1 saturated heterocycles. The molecule has 2 heterocycles. The molecule has 3 aromatic rings. The maximum atomic E-state index is 13.4. The van der Waals surface area contributed by atoms with Gasteiger partial charge in [-0.15, -0.1) is 11.3 Å². The lowest BCUT2D eigenvalue weighted by Gasteiger charge is -2.23. The van der Waals surface area contributed by atoms with Crippen LogP contribution in [0.4, 0.5) is 20.6 Å². The Kier molecular flexibility index (Phi) is 7.04. The molecule has 4 rings (SSSR count). The molecule has 0 unspecified atom stereocenters. The zero-order valence-corrected chi connectivity index (χ0v) is 18.7. The first-order valence-corrected chi connectivity index (χ1v) is 11.4. The molecule has 32 heavy (non-hydrogen) atoms. The summed E-state index contributed by atoms with van der Waals surface area (Å²) in [6, 6.07) is 14.1. The van der Waals surface area contributed by atoms with E-state index in [1.54, 1.807) is 24.3 Å². The van der Waals surface area contributed by atoms with Crippen molar-refractivity contribution in [3.05, 3.63) is 70.3 Å². The molecule has 1 fully saturated rings. The topological polar surface area (TPSA) is 82.3 Å². The molecule has 0 bridgehead atoms. The number of nitrogens with one attached hydrogen (secondary N) is 4. The van der Waals surface area contributed by atoms with Gasteiger partial charge in [0.25, 0.3) is 5.91 Å². The molecule has 9 heteroatoms. The fraction of sp³-hybridized carbons (Fsp3) is 0.217. The second kappa shape index (κ2) is 10.1. The Bertz CT molecular complexity index is 1110. The van der Waals surface area contributed by atoms with Crippen molar-refractivity contribution in [2.75, 3.05) is 23.7 Å². The van der Waals surface area contributed by atoms with Gasteiger partial charge in [-0.25, -0.2) is 9.18 Å². The van der Waals surface area contributed by atoms with Crippen LogP contribution in [0.2, 0.25) is 5.02 Å². The first kappa shape index (κ1) is 22.3. The van der Waals surface area contributed by atoms with E-state index in [-0.39, 0.29) is 11.9 Å². The van der Waals surface area contributed by atoms with Crippen molar-refractivity contribution in [1.82, 2.24) is 10.6 Å². The fourth-order valence-electron chi connectivity index (χ4n) is 3.49. The molecule has 166 valence electrons. The molecule has 0 radical (unpaired) electrons. The summed E-state index contributed by atoms with van der Waals surface area (Å²) in [5, 5.41) is 12.3. The zero-order valence-electron chi connectivity index (χ0n) is 17.1. The summed E-state index contributed by atoms with van der Waals surface area (Å²) in [4.78, 5) is 26.8. The predicted octanol–water partition coefficient (Wildman–Crippen LogP) is 5.33. The summed E-state index contributed by atoms with van der Waals surface area (Å²) in [6.07, 6.45) is 1.89. The Balaban J connectivity index is 1.57. The lowest BCUT2D eigenvalue weighted by molar-refractivity contribution is 0.0935. The van der Waals surface area contributed by atoms with Gasteiger partial charge in [0.1, 0.15) is 10.7 Å². The number of hydrogen-bond acceptors (Lipinski definition) is 4. The highest BCUT2D eigenvalue weighted by molar-refractivity contribution is 7.18. The molecular weight excluding hydrogens is 451 g/mol. The fourth-order valence-corrected chi connectivity index (χ4v) is 4.63. The number of thiophene rings is 1. The second-order valence-electron chi connectivity index (χ2n) is 7.47. The average Bonchev–Trinajstić information content (AvgIpc) is 3.18. The molecule has 1 atom stereocenters. The van der Waals surface area contributed by atoms with Crippen molar-refractivity contribution in [2.24, 2.45) is 0 Å². The first-order valence-electron chi connectivity index (χ1n) is 10.2. The molecule has 4 N–H and O–H groups in total. The number of urea groups is 1. The van der Waals surface area contributed by atoms with Crippen LogP contribution in [0, 0.1) is 5.82 Å². The molecule has 1 aromatic heterocycles. The van der Waals surface area contributed by atoms with Crippen LogP contribution in [-0.4, -0.2) is 31.1 Å².